The number of anilines is 1. The number of hydrogen-bond donors (Lipinski definition) is 1. The van der Waals surface area contributed by atoms with Crippen molar-refractivity contribution >= 4 is 35.0 Å². The third-order valence-corrected chi connectivity index (χ3v) is 5.68. The van der Waals surface area contributed by atoms with Gasteiger partial charge in [-0.15, -0.1) is 10.2 Å². The van der Waals surface area contributed by atoms with E-state index in [0.717, 1.165) is 22.6 Å². The lowest BCUT2D eigenvalue weighted by Gasteiger charge is -2.10. The standard InChI is InChI=1S/C22H19ClN4O2S/c1-15-5-2-3-7-19(15)24-20(28)14-30-22-26-25-21(16-8-10-17(23)11-9-16)27(22)13-18-6-4-12-29-18/h2-12H,13-14H2,1H3,(H,24,28). The predicted molar refractivity (Wildman–Crippen MR) is 119 cm³/mol. The van der Waals surface area contributed by atoms with Crippen LogP contribution in [-0.4, -0.2) is 26.4 Å². The molecule has 0 radical (unpaired) electrons. The van der Waals surface area contributed by atoms with Gasteiger partial charge in [-0.05, 0) is 55.0 Å². The summed E-state index contributed by atoms with van der Waals surface area (Å²) in [5, 5.41) is 12.9. The summed E-state index contributed by atoms with van der Waals surface area (Å²) in [6.07, 6.45) is 1.63. The number of furan rings is 1. The lowest BCUT2D eigenvalue weighted by molar-refractivity contribution is -0.113. The molecule has 0 unspecified atom stereocenters. The second-order valence-corrected chi connectivity index (χ2v) is 8.01. The molecule has 1 amide bonds. The topological polar surface area (TPSA) is 73.0 Å². The predicted octanol–water partition coefficient (Wildman–Crippen LogP) is 5.28. The molecular weight excluding hydrogens is 420 g/mol. The molecule has 2 aromatic heterocycles. The van der Waals surface area contributed by atoms with Gasteiger partial charge < -0.3 is 9.73 Å². The quantitative estimate of drug-likeness (QED) is 0.397. The summed E-state index contributed by atoms with van der Waals surface area (Å²) in [5.74, 6) is 1.57. The van der Waals surface area contributed by atoms with Gasteiger partial charge in [0.1, 0.15) is 5.76 Å². The molecule has 0 spiro atoms. The zero-order valence-corrected chi connectivity index (χ0v) is 17.8. The summed E-state index contributed by atoms with van der Waals surface area (Å²) in [6.45, 7) is 2.42. The number of aryl methyl sites for hydroxylation is 1. The van der Waals surface area contributed by atoms with E-state index in [1.807, 2.05) is 72.2 Å². The van der Waals surface area contributed by atoms with E-state index < -0.39 is 0 Å². The molecule has 0 aliphatic carbocycles. The maximum absolute atomic E-state index is 12.5. The summed E-state index contributed by atoms with van der Waals surface area (Å²) < 4.78 is 7.44. The Hall–Kier alpha value is -3.03. The van der Waals surface area contributed by atoms with Crippen molar-refractivity contribution < 1.29 is 9.21 Å². The number of carbonyl (C=O) groups excluding carboxylic acids is 1. The molecule has 2 aromatic carbocycles. The molecule has 8 heteroatoms. The van der Waals surface area contributed by atoms with Crippen LogP contribution in [0.5, 0.6) is 0 Å². The molecule has 0 fully saturated rings. The van der Waals surface area contributed by atoms with E-state index in [0.29, 0.717) is 22.5 Å². The van der Waals surface area contributed by atoms with E-state index in [9.17, 15) is 4.79 Å². The average molecular weight is 439 g/mol. The van der Waals surface area contributed by atoms with Crippen molar-refractivity contribution in [2.24, 2.45) is 0 Å². The summed E-state index contributed by atoms with van der Waals surface area (Å²) in [4.78, 5) is 12.5. The number of benzene rings is 2. The Morgan fingerprint density at radius 2 is 1.90 bits per heavy atom. The second kappa shape index (κ2) is 9.19. The van der Waals surface area contributed by atoms with Crippen molar-refractivity contribution in [3.8, 4) is 11.4 Å². The van der Waals surface area contributed by atoms with Crippen molar-refractivity contribution in [3.63, 3.8) is 0 Å². The lowest BCUT2D eigenvalue weighted by Crippen LogP contribution is -2.15. The number of amides is 1. The van der Waals surface area contributed by atoms with Crippen LogP contribution in [0.15, 0.2) is 76.5 Å². The van der Waals surface area contributed by atoms with E-state index >= 15 is 0 Å². The van der Waals surface area contributed by atoms with Gasteiger partial charge in [0.25, 0.3) is 0 Å². The van der Waals surface area contributed by atoms with Crippen molar-refractivity contribution in [1.29, 1.82) is 0 Å². The first kappa shape index (κ1) is 20.3. The van der Waals surface area contributed by atoms with E-state index in [2.05, 4.69) is 15.5 Å². The maximum Gasteiger partial charge on any atom is 0.234 e. The van der Waals surface area contributed by atoms with Crippen LogP contribution in [-0.2, 0) is 11.3 Å². The van der Waals surface area contributed by atoms with Gasteiger partial charge in [0.15, 0.2) is 11.0 Å². The average Bonchev–Trinajstić information content (AvgIpc) is 3.39. The fraction of sp³-hybridized carbons (Fsp3) is 0.136. The summed E-state index contributed by atoms with van der Waals surface area (Å²) >= 11 is 7.35. The fourth-order valence-electron chi connectivity index (χ4n) is 2.94. The highest BCUT2D eigenvalue weighted by Gasteiger charge is 2.17. The van der Waals surface area contributed by atoms with Crippen LogP contribution >= 0.6 is 23.4 Å². The number of thioether (sulfide) groups is 1. The highest BCUT2D eigenvalue weighted by molar-refractivity contribution is 7.99. The minimum atomic E-state index is -0.102. The molecule has 4 aromatic rings. The minimum absolute atomic E-state index is 0.102. The van der Waals surface area contributed by atoms with E-state index in [1.54, 1.807) is 6.26 Å². The Balaban J connectivity index is 1.54. The monoisotopic (exact) mass is 438 g/mol. The minimum Gasteiger partial charge on any atom is -0.467 e. The zero-order chi connectivity index (χ0) is 20.9. The van der Waals surface area contributed by atoms with Gasteiger partial charge in [0.2, 0.25) is 5.91 Å². The van der Waals surface area contributed by atoms with Crippen molar-refractivity contribution in [1.82, 2.24) is 14.8 Å². The van der Waals surface area contributed by atoms with Crippen LogP contribution in [0.4, 0.5) is 5.69 Å². The van der Waals surface area contributed by atoms with Crippen LogP contribution < -0.4 is 5.32 Å². The van der Waals surface area contributed by atoms with Gasteiger partial charge in [0, 0.05) is 16.3 Å². The first-order valence-corrected chi connectivity index (χ1v) is 10.7. The number of halogens is 1. The SMILES string of the molecule is Cc1ccccc1NC(=O)CSc1nnc(-c2ccc(Cl)cc2)n1Cc1ccco1. The molecule has 4 rings (SSSR count). The third-order valence-electron chi connectivity index (χ3n) is 4.46. The van der Waals surface area contributed by atoms with Crippen LogP contribution in [0.1, 0.15) is 11.3 Å². The molecule has 6 nitrogen and oxygen atoms in total. The Morgan fingerprint density at radius 3 is 2.63 bits per heavy atom. The number of nitrogens with zero attached hydrogens (tertiary/aromatic N) is 3. The molecule has 1 N–H and O–H groups in total. The molecule has 0 saturated carbocycles. The lowest BCUT2D eigenvalue weighted by atomic mass is 10.2. The fourth-order valence-corrected chi connectivity index (χ4v) is 3.80. The van der Waals surface area contributed by atoms with Crippen LogP contribution in [0, 0.1) is 6.92 Å². The van der Waals surface area contributed by atoms with Crippen LogP contribution in [0.3, 0.4) is 0 Å². The summed E-state index contributed by atoms with van der Waals surface area (Å²) in [6, 6.07) is 18.8. The van der Waals surface area contributed by atoms with Gasteiger partial charge in [0.05, 0.1) is 18.6 Å². The van der Waals surface area contributed by atoms with E-state index in [1.165, 1.54) is 11.8 Å². The van der Waals surface area contributed by atoms with E-state index in [-0.39, 0.29) is 11.7 Å². The van der Waals surface area contributed by atoms with Gasteiger partial charge >= 0.3 is 0 Å². The number of hydrogen-bond acceptors (Lipinski definition) is 5. The van der Waals surface area contributed by atoms with Gasteiger partial charge in [-0.1, -0.05) is 41.6 Å². The number of para-hydroxylation sites is 1. The summed E-state index contributed by atoms with van der Waals surface area (Å²) in [7, 11) is 0. The first-order valence-electron chi connectivity index (χ1n) is 9.30. The highest BCUT2D eigenvalue weighted by Crippen LogP contribution is 2.26. The zero-order valence-electron chi connectivity index (χ0n) is 16.2. The first-order chi connectivity index (χ1) is 14.6. The molecule has 0 bridgehead atoms. The largest absolute Gasteiger partial charge is 0.467 e. The normalized spacial score (nSPS) is 10.9. The Morgan fingerprint density at radius 1 is 1.10 bits per heavy atom. The third kappa shape index (κ3) is 4.75. The molecule has 0 saturated heterocycles. The van der Waals surface area contributed by atoms with Crippen LogP contribution in [0.25, 0.3) is 11.4 Å². The van der Waals surface area contributed by atoms with Gasteiger partial charge in [-0.25, -0.2) is 0 Å². The van der Waals surface area contributed by atoms with Gasteiger partial charge in [-0.3, -0.25) is 9.36 Å². The number of carbonyl (C=O) groups is 1. The second-order valence-electron chi connectivity index (χ2n) is 6.63. The summed E-state index contributed by atoms with van der Waals surface area (Å²) in [5.41, 5.74) is 2.71. The molecule has 0 aliphatic heterocycles. The van der Waals surface area contributed by atoms with Crippen molar-refractivity contribution in [2.45, 2.75) is 18.6 Å². The Kier molecular flexibility index (Phi) is 6.21. The number of rotatable bonds is 7. The number of aromatic nitrogens is 3. The molecule has 30 heavy (non-hydrogen) atoms. The highest BCUT2D eigenvalue weighted by atomic mass is 35.5. The van der Waals surface area contributed by atoms with E-state index in [4.69, 9.17) is 16.0 Å². The Labute approximate surface area is 183 Å². The smallest absolute Gasteiger partial charge is 0.234 e. The molecule has 2 heterocycles. The molecular formula is C22H19ClN4O2S. The van der Waals surface area contributed by atoms with Crippen LogP contribution in [0.2, 0.25) is 5.02 Å². The van der Waals surface area contributed by atoms with Crippen molar-refractivity contribution in [2.75, 3.05) is 11.1 Å². The Bertz CT molecular complexity index is 1140. The van der Waals surface area contributed by atoms with Crippen molar-refractivity contribution in [3.05, 3.63) is 83.3 Å². The van der Waals surface area contributed by atoms with Gasteiger partial charge in [-0.2, -0.15) is 0 Å². The molecule has 152 valence electrons. The molecule has 0 atom stereocenters. The molecule has 0 aliphatic rings. The maximum atomic E-state index is 12.5. The number of nitrogens with one attached hydrogen (secondary N) is 1.